The molecule has 0 saturated heterocycles. The molecular formula is C9H4F9N. The van der Waals surface area contributed by atoms with Crippen molar-refractivity contribution >= 4 is 5.69 Å². The highest BCUT2D eigenvalue weighted by molar-refractivity contribution is 5.56. The summed E-state index contributed by atoms with van der Waals surface area (Å²) in [5.41, 5.74) is -4.04. The second-order valence-electron chi connectivity index (χ2n) is 3.29. The van der Waals surface area contributed by atoms with E-state index in [2.05, 4.69) is 0 Å². The molecule has 0 aliphatic rings. The minimum atomic E-state index is -6.03. The summed E-state index contributed by atoms with van der Waals surface area (Å²) in [7, 11) is 0. The number of alkyl halides is 9. The number of anilines is 1. The molecule has 0 aromatic heterocycles. The highest BCUT2D eigenvalue weighted by Crippen LogP contribution is 2.44. The fraction of sp³-hybridized carbons (Fsp3) is 0.333. The summed E-state index contributed by atoms with van der Waals surface area (Å²) >= 11 is 0. The Morgan fingerprint density at radius 1 is 0.684 bits per heavy atom. The number of nitrogens with zero attached hydrogens (tertiary/aromatic N) is 1. The minimum Gasteiger partial charge on any atom is -0.193 e. The zero-order valence-corrected chi connectivity index (χ0v) is 8.66. The lowest BCUT2D eigenvalue weighted by atomic mass is 10.1. The van der Waals surface area contributed by atoms with E-state index in [-0.39, 0.29) is 12.1 Å². The molecule has 0 aliphatic heterocycles. The number of hydrogen-bond acceptors (Lipinski definition) is 1. The van der Waals surface area contributed by atoms with Gasteiger partial charge in [0, 0.05) is 0 Å². The van der Waals surface area contributed by atoms with E-state index in [0.717, 1.165) is 0 Å². The average Bonchev–Trinajstić information content (AvgIpc) is 2.11. The lowest BCUT2D eigenvalue weighted by Gasteiger charge is -2.30. The Balaban J connectivity index is 3.50. The third-order valence-electron chi connectivity index (χ3n) is 1.96. The van der Waals surface area contributed by atoms with Crippen LogP contribution in [0.5, 0.6) is 0 Å². The van der Waals surface area contributed by atoms with Crippen LogP contribution in [0.4, 0.5) is 45.2 Å². The van der Waals surface area contributed by atoms with Gasteiger partial charge < -0.3 is 0 Å². The van der Waals surface area contributed by atoms with Crippen LogP contribution in [0.1, 0.15) is 5.56 Å². The molecule has 0 bridgehead atoms. The molecule has 0 atom stereocenters. The number of halogens is 9. The highest BCUT2D eigenvalue weighted by Gasteiger charge is 2.56. The molecular weight excluding hydrogens is 293 g/mol. The van der Waals surface area contributed by atoms with Crippen LogP contribution in [0.2, 0.25) is 0 Å². The lowest BCUT2D eigenvalue weighted by Crippen LogP contribution is -2.49. The Morgan fingerprint density at radius 2 is 1.11 bits per heavy atom. The van der Waals surface area contributed by atoms with E-state index in [9.17, 15) is 39.5 Å². The first-order chi connectivity index (χ1) is 8.35. The Hall–Kier alpha value is -1.61. The molecule has 0 spiro atoms. The van der Waals surface area contributed by atoms with Gasteiger partial charge in [-0.1, -0.05) is 12.1 Å². The zero-order valence-electron chi connectivity index (χ0n) is 8.66. The molecule has 0 N–H and O–H groups in total. The van der Waals surface area contributed by atoms with Crippen molar-refractivity contribution in [2.45, 2.75) is 18.8 Å². The molecule has 1 nitrogen and oxygen atoms in total. The molecule has 1 rings (SSSR count). The maximum atomic E-state index is 12.4. The Labute approximate surface area is 99.8 Å². The summed E-state index contributed by atoms with van der Waals surface area (Å²) in [4.78, 5) is -2.18. The van der Waals surface area contributed by atoms with E-state index in [4.69, 9.17) is 0 Å². The van der Waals surface area contributed by atoms with Crippen molar-refractivity contribution in [3.8, 4) is 0 Å². The monoisotopic (exact) mass is 297 g/mol. The van der Waals surface area contributed by atoms with E-state index in [1.54, 1.807) is 0 Å². The minimum absolute atomic E-state index is 0.101. The number of para-hydroxylation sites is 1. The predicted molar refractivity (Wildman–Crippen MR) is 46.0 cm³/mol. The van der Waals surface area contributed by atoms with E-state index in [1.807, 2.05) is 0 Å². The summed E-state index contributed by atoms with van der Waals surface area (Å²) < 4.78 is 111. The van der Waals surface area contributed by atoms with E-state index < -0.39 is 34.9 Å². The number of benzene rings is 1. The molecule has 0 saturated carbocycles. The zero-order chi connectivity index (χ0) is 15.1. The molecule has 19 heavy (non-hydrogen) atoms. The molecule has 0 fully saturated rings. The van der Waals surface area contributed by atoms with E-state index >= 15 is 0 Å². The van der Waals surface area contributed by atoms with Gasteiger partial charge in [-0.05, 0) is 12.1 Å². The summed E-state index contributed by atoms with van der Waals surface area (Å²) in [6.07, 6.45) is -17.4. The van der Waals surface area contributed by atoms with Gasteiger partial charge in [0.25, 0.3) is 0 Å². The first kappa shape index (κ1) is 15.4. The van der Waals surface area contributed by atoms with Gasteiger partial charge in [-0.3, -0.25) is 0 Å². The van der Waals surface area contributed by atoms with Gasteiger partial charge in [-0.25, -0.2) is 0 Å². The van der Waals surface area contributed by atoms with Gasteiger partial charge in [0.2, 0.25) is 0 Å². The Morgan fingerprint density at radius 3 is 1.47 bits per heavy atom. The van der Waals surface area contributed by atoms with Crippen LogP contribution < -0.4 is 4.90 Å². The summed E-state index contributed by atoms with van der Waals surface area (Å²) in [5.74, 6) is 0. The van der Waals surface area contributed by atoms with Gasteiger partial charge in [0.15, 0.2) is 0 Å². The highest BCUT2D eigenvalue weighted by atomic mass is 19.4. The topological polar surface area (TPSA) is 3.24 Å². The smallest absolute Gasteiger partial charge is 0.193 e. The molecule has 10 heteroatoms. The normalized spacial score (nSPS) is 13.5. The first-order valence-corrected chi connectivity index (χ1v) is 4.45. The van der Waals surface area contributed by atoms with Gasteiger partial charge in [-0.2, -0.15) is 18.1 Å². The van der Waals surface area contributed by atoms with Crippen molar-refractivity contribution in [3.63, 3.8) is 0 Å². The van der Waals surface area contributed by atoms with Crippen molar-refractivity contribution in [3.05, 3.63) is 29.8 Å². The fourth-order valence-corrected chi connectivity index (χ4v) is 1.33. The van der Waals surface area contributed by atoms with Crippen LogP contribution >= 0.6 is 0 Å². The summed E-state index contributed by atoms with van der Waals surface area (Å²) in [6, 6.07) is 1.58. The molecule has 0 radical (unpaired) electrons. The summed E-state index contributed by atoms with van der Waals surface area (Å²) in [6.45, 7) is 0. The fourth-order valence-electron chi connectivity index (χ4n) is 1.33. The van der Waals surface area contributed by atoms with Crippen molar-refractivity contribution in [1.29, 1.82) is 0 Å². The Bertz CT molecular complexity index is 428. The van der Waals surface area contributed by atoms with Gasteiger partial charge in [0.1, 0.15) is 0 Å². The third-order valence-corrected chi connectivity index (χ3v) is 1.96. The van der Waals surface area contributed by atoms with Crippen molar-refractivity contribution in [2.75, 3.05) is 4.90 Å². The molecule has 0 amide bonds. The third kappa shape index (κ3) is 3.44. The van der Waals surface area contributed by atoms with Crippen LogP contribution in [-0.4, -0.2) is 12.6 Å². The SMILES string of the molecule is FC(F)(F)c1ccccc1N(C(F)(F)F)C(F)(F)F. The maximum Gasteiger partial charge on any atom is 0.491 e. The maximum absolute atomic E-state index is 12.4. The van der Waals surface area contributed by atoms with Crippen LogP contribution in [0.25, 0.3) is 0 Å². The van der Waals surface area contributed by atoms with Crippen molar-refractivity contribution in [2.24, 2.45) is 0 Å². The van der Waals surface area contributed by atoms with Gasteiger partial charge in [0.05, 0.1) is 11.3 Å². The molecule has 0 aliphatic carbocycles. The molecule has 0 unspecified atom stereocenters. The number of hydrogen-bond donors (Lipinski definition) is 0. The quantitative estimate of drug-likeness (QED) is 0.543. The van der Waals surface area contributed by atoms with Crippen LogP contribution in [0.15, 0.2) is 24.3 Å². The number of rotatable bonds is 1. The van der Waals surface area contributed by atoms with Gasteiger partial charge >= 0.3 is 18.8 Å². The second-order valence-corrected chi connectivity index (χ2v) is 3.29. The van der Waals surface area contributed by atoms with E-state index in [0.29, 0.717) is 12.1 Å². The Kier molecular flexibility index (Phi) is 3.65. The lowest BCUT2D eigenvalue weighted by molar-refractivity contribution is -0.227. The van der Waals surface area contributed by atoms with Crippen LogP contribution in [0.3, 0.4) is 0 Å². The van der Waals surface area contributed by atoms with Crippen LogP contribution in [-0.2, 0) is 6.18 Å². The standard InChI is InChI=1S/C9H4F9N/c10-7(11,12)5-3-1-2-4-6(5)19(8(13,14)15)9(16,17)18/h1-4H. The molecule has 1 aromatic carbocycles. The summed E-state index contributed by atoms with van der Waals surface area (Å²) in [5, 5.41) is 0. The van der Waals surface area contributed by atoms with E-state index in [1.165, 1.54) is 0 Å². The molecule has 0 heterocycles. The second kappa shape index (κ2) is 4.49. The van der Waals surface area contributed by atoms with Crippen molar-refractivity contribution in [1.82, 2.24) is 0 Å². The predicted octanol–water partition coefficient (Wildman–Crippen LogP) is 4.55. The first-order valence-electron chi connectivity index (χ1n) is 4.45. The van der Waals surface area contributed by atoms with Gasteiger partial charge in [-0.15, -0.1) is 26.3 Å². The van der Waals surface area contributed by atoms with Crippen LogP contribution in [0, 0.1) is 0 Å². The van der Waals surface area contributed by atoms with Crippen molar-refractivity contribution < 1.29 is 39.5 Å². The molecule has 1 aromatic rings. The largest absolute Gasteiger partial charge is 0.491 e. The average molecular weight is 297 g/mol. The molecule has 108 valence electrons.